The van der Waals surface area contributed by atoms with Crippen LogP contribution >= 0.6 is 0 Å². The molecule has 0 radical (unpaired) electrons. The number of hydrogen-bond acceptors (Lipinski definition) is 6. The lowest BCUT2D eigenvalue weighted by atomic mass is 10.0. The fourth-order valence-corrected chi connectivity index (χ4v) is 7.16. The quantitative estimate of drug-likeness (QED) is 0.656. The van der Waals surface area contributed by atoms with Gasteiger partial charge in [-0.2, -0.15) is 4.31 Å². The lowest BCUT2D eigenvalue weighted by molar-refractivity contribution is 0.251. The Bertz CT molecular complexity index is 863. The Morgan fingerprint density at radius 2 is 2.00 bits per heavy atom. The van der Waals surface area contributed by atoms with E-state index in [1.807, 2.05) is 0 Å². The van der Waals surface area contributed by atoms with Crippen LogP contribution in [0.5, 0.6) is 11.5 Å². The first-order valence-corrected chi connectivity index (χ1v) is 10.9. The lowest BCUT2D eigenvalue weighted by Gasteiger charge is -2.36. The average molecular weight is 389 g/mol. The highest BCUT2D eigenvalue weighted by Gasteiger charge is 2.48. The maximum absolute atomic E-state index is 13.3. The Kier molecular flexibility index (Phi) is 5.50. The zero-order chi connectivity index (χ0) is 18.9. The van der Waals surface area contributed by atoms with Crippen LogP contribution in [0.3, 0.4) is 0 Å². The molecule has 1 fully saturated rings. The Labute approximate surface area is 149 Å². The third kappa shape index (κ3) is 3.83. The maximum atomic E-state index is 13.3. The molecule has 1 aromatic carbocycles. The van der Waals surface area contributed by atoms with Crippen molar-refractivity contribution in [2.75, 3.05) is 32.3 Å². The van der Waals surface area contributed by atoms with Gasteiger partial charge in [0, 0.05) is 18.2 Å². The molecule has 1 aliphatic rings. The summed E-state index contributed by atoms with van der Waals surface area (Å²) in [5.41, 5.74) is -1.03. The highest BCUT2D eigenvalue weighted by molar-refractivity contribution is 7.92. The van der Waals surface area contributed by atoms with Crippen LogP contribution in [0, 0.1) is 0 Å². The van der Waals surface area contributed by atoms with Crippen molar-refractivity contribution in [1.29, 1.82) is 0 Å². The minimum absolute atomic E-state index is 0.00351. The molecule has 0 saturated carbocycles. The molecule has 140 valence electrons. The normalized spacial score (nSPS) is 22.7. The van der Waals surface area contributed by atoms with Crippen LogP contribution in [0.4, 0.5) is 0 Å². The van der Waals surface area contributed by atoms with Gasteiger partial charge >= 0.3 is 0 Å². The summed E-state index contributed by atoms with van der Waals surface area (Å²) in [6, 6.07) is 4.40. The van der Waals surface area contributed by atoms with E-state index in [-0.39, 0.29) is 35.1 Å². The minimum Gasteiger partial charge on any atom is -0.497 e. The lowest BCUT2D eigenvalue weighted by Crippen LogP contribution is -2.50. The van der Waals surface area contributed by atoms with E-state index in [0.717, 1.165) is 0 Å². The van der Waals surface area contributed by atoms with E-state index in [0.29, 0.717) is 5.75 Å². The molecule has 25 heavy (non-hydrogen) atoms. The Morgan fingerprint density at radius 3 is 2.48 bits per heavy atom. The molecule has 9 heteroatoms. The standard InChI is InChI=1S/C16H23NO6S2/c1-5-9-17(16(2)8-10-24(18,19)12-16)25(20,21)15-7-6-13(22-3)11-14(15)23-4/h5-7,11H,1,8-10,12H2,2-4H3/t16-/m1/s1. The molecule has 0 spiro atoms. The van der Waals surface area contributed by atoms with Gasteiger partial charge in [0.15, 0.2) is 9.84 Å². The topological polar surface area (TPSA) is 90.0 Å². The van der Waals surface area contributed by atoms with Gasteiger partial charge in [-0.1, -0.05) is 6.08 Å². The van der Waals surface area contributed by atoms with Crippen LogP contribution in [0.25, 0.3) is 0 Å². The van der Waals surface area contributed by atoms with Gasteiger partial charge in [0.25, 0.3) is 0 Å². The van der Waals surface area contributed by atoms with Gasteiger partial charge in [0.1, 0.15) is 16.4 Å². The van der Waals surface area contributed by atoms with Crippen molar-refractivity contribution in [3.8, 4) is 11.5 Å². The zero-order valence-corrected chi connectivity index (χ0v) is 16.2. The van der Waals surface area contributed by atoms with E-state index in [1.165, 1.54) is 42.8 Å². The number of methoxy groups -OCH3 is 2. The molecule has 2 rings (SSSR count). The predicted octanol–water partition coefficient (Wildman–Crippen LogP) is 1.46. The first-order valence-electron chi connectivity index (χ1n) is 7.66. The summed E-state index contributed by atoms with van der Waals surface area (Å²) >= 11 is 0. The second-order valence-corrected chi connectivity index (χ2v) is 10.2. The summed E-state index contributed by atoms with van der Waals surface area (Å²) in [6.07, 6.45) is 1.69. The fraction of sp³-hybridized carbons (Fsp3) is 0.500. The third-order valence-corrected chi connectivity index (χ3v) is 8.27. The number of sulfonamides is 1. The molecule has 1 saturated heterocycles. The van der Waals surface area contributed by atoms with Gasteiger partial charge in [-0.3, -0.25) is 0 Å². The van der Waals surface area contributed by atoms with E-state index in [9.17, 15) is 16.8 Å². The van der Waals surface area contributed by atoms with Crippen LogP contribution in [0.2, 0.25) is 0 Å². The molecule has 0 unspecified atom stereocenters. The molecular weight excluding hydrogens is 366 g/mol. The van der Waals surface area contributed by atoms with Crippen LogP contribution in [-0.2, 0) is 19.9 Å². The van der Waals surface area contributed by atoms with Crippen molar-refractivity contribution in [1.82, 2.24) is 4.31 Å². The van der Waals surface area contributed by atoms with Crippen LogP contribution in [0.15, 0.2) is 35.7 Å². The summed E-state index contributed by atoms with van der Waals surface area (Å²) in [5, 5.41) is 0. The first-order chi connectivity index (χ1) is 11.6. The number of rotatable bonds is 7. The summed E-state index contributed by atoms with van der Waals surface area (Å²) in [7, 11) is -4.45. The van der Waals surface area contributed by atoms with Crippen LogP contribution < -0.4 is 9.47 Å². The van der Waals surface area contributed by atoms with E-state index in [4.69, 9.17) is 9.47 Å². The molecule has 1 aromatic rings. The number of sulfone groups is 1. The van der Waals surface area contributed by atoms with E-state index in [1.54, 1.807) is 6.92 Å². The Balaban J connectivity index is 2.56. The van der Waals surface area contributed by atoms with Crippen LogP contribution in [0.1, 0.15) is 13.3 Å². The smallest absolute Gasteiger partial charge is 0.247 e. The second kappa shape index (κ2) is 6.97. The summed E-state index contributed by atoms with van der Waals surface area (Å²) < 4.78 is 61.9. The molecule has 1 aliphatic heterocycles. The Hall–Kier alpha value is -1.58. The van der Waals surface area contributed by atoms with E-state index in [2.05, 4.69) is 6.58 Å². The van der Waals surface area contributed by atoms with E-state index >= 15 is 0 Å². The van der Waals surface area contributed by atoms with Crippen molar-refractivity contribution in [2.45, 2.75) is 23.8 Å². The SMILES string of the molecule is C=CCN([C@]1(C)CCS(=O)(=O)C1)S(=O)(=O)c1ccc(OC)cc1OC. The first kappa shape index (κ1) is 19.7. The minimum atomic E-state index is -4.01. The monoisotopic (exact) mass is 389 g/mol. The van der Waals surface area contributed by atoms with Crippen molar-refractivity contribution < 1.29 is 26.3 Å². The molecule has 1 atom stereocenters. The highest BCUT2D eigenvalue weighted by Crippen LogP contribution is 2.37. The zero-order valence-electron chi connectivity index (χ0n) is 14.6. The second-order valence-electron chi connectivity index (χ2n) is 6.18. The van der Waals surface area contributed by atoms with Gasteiger partial charge < -0.3 is 9.47 Å². The fourth-order valence-electron chi connectivity index (χ4n) is 3.02. The van der Waals surface area contributed by atoms with E-state index < -0.39 is 25.4 Å². The average Bonchev–Trinajstić information content (AvgIpc) is 2.85. The molecular formula is C16H23NO6S2. The van der Waals surface area contributed by atoms with Gasteiger partial charge in [-0.05, 0) is 25.5 Å². The number of nitrogens with zero attached hydrogens (tertiary/aromatic N) is 1. The molecule has 1 heterocycles. The van der Waals surface area contributed by atoms with Crippen molar-refractivity contribution in [3.63, 3.8) is 0 Å². The molecule has 0 amide bonds. The molecule has 7 nitrogen and oxygen atoms in total. The summed E-state index contributed by atoms with van der Waals surface area (Å²) in [5.74, 6) is 0.344. The van der Waals surface area contributed by atoms with Crippen molar-refractivity contribution in [2.24, 2.45) is 0 Å². The van der Waals surface area contributed by atoms with Gasteiger partial charge in [-0.15, -0.1) is 6.58 Å². The van der Waals surface area contributed by atoms with Crippen molar-refractivity contribution >= 4 is 19.9 Å². The highest BCUT2D eigenvalue weighted by atomic mass is 32.2. The number of benzene rings is 1. The molecule has 0 aliphatic carbocycles. The number of hydrogen-bond donors (Lipinski definition) is 0. The largest absolute Gasteiger partial charge is 0.497 e. The van der Waals surface area contributed by atoms with Crippen molar-refractivity contribution in [3.05, 3.63) is 30.9 Å². The van der Waals surface area contributed by atoms with Crippen LogP contribution in [-0.4, -0.2) is 58.9 Å². The maximum Gasteiger partial charge on any atom is 0.247 e. The van der Waals surface area contributed by atoms with Gasteiger partial charge in [-0.25, -0.2) is 16.8 Å². The Morgan fingerprint density at radius 1 is 1.32 bits per heavy atom. The van der Waals surface area contributed by atoms with Gasteiger partial charge in [0.05, 0.1) is 25.7 Å². The number of ether oxygens (including phenoxy) is 2. The third-order valence-electron chi connectivity index (χ3n) is 4.32. The molecule has 0 aromatic heterocycles. The summed E-state index contributed by atoms with van der Waals surface area (Å²) in [6.45, 7) is 5.26. The summed E-state index contributed by atoms with van der Waals surface area (Å²) in [4.78, 5) is -0.0387. The molecule has 0 N–H and O–H groups in total. The van der Waals surface area contributed by atoms with Gasteiger partial charge in [0.2, 0.25) is 10.0 Å². The molecule has 0 bridgehead atoms. The predicted molar refractivity (Wildman–Crippen MR) is 95.3 cm³/mol.